The first kappa shape index (κ1) is 14.5. The number of hydrogen-bond donors (Lipinski definition) is 2. The zero-order valence-electron chi connectivity index (χ0n) is 11.3. The molecule has 1 heterocycles. The topological polar surface area (TPSA) is 58.4 Å². The summed E-state index contributed by atoms with van der Waals surface area (Å²) < 4.78 is 13.9. The van der Waals surface area contributed by atoms with E-state index in [0.717, 1.165) is 25.9 Å². The van der Waals surface area contributed by atoms with Gasteiger partial charge in [-0.3, -0.25) is 10.2 Å². The second kappa shape index (κ2) is 7.04. The third-order valence-electron chi connectivity index (χ3n) is 3.16. The van der Waals surface area contributed by atoms with Crippen molar-refractivity contribution in [2.45, 2.75) is 19.3 Å². The monoisotopic (exact) mass is 275 g/mol. The van der Waals surface area contributed by atoms with Crippen LogP contribution < -0.4 is 11.2 Å². The Balaban J connectivity index is 2.05. The van der Waals surface area contributed by atoms with Crippen LogP contribution in [-0.4, -0.2) is 30.6 Å². The fourth-order valence-electron chi connectivity index (χ4n) is 2.14. The van der Waals surface area contributed by atoms with Crippen LogP contribution in [0.5, 0.6) is 0 Å². The van der Waals surface area contributed by atoms with Crippen molar-refractivity contribution in [1.82, 2.24) is 10.4 Å². The van der Waals surface area contributed by atoms with Crippen molar-refractivity contribution in [3.63, 3.8) is 0 Å². The molecule has 0 aliphatic carbocycles. The van der Waals surface area contributed by atoms with Gasteiger partial charge < -0.3 is 5.73 Å². The summed E-state index contributed by atoms with van der Waals surface area (Å²) in [5, 5.41) is 1.84. The standard InChI is InChI=1S/C15H18FN3O/c16-14-11-12(5-4-8-17)6-7-13(14)15(20)18-19-9-2-1-3-10-19/h6-7,11H,1-3,8-10,17H2,(H,18,20). The molecule has 1 aromatic carbocycles. The number of rotatable bonds is 2. The van der Waals surface area contributed by atoms with Crippen LogP contribution >= 0.6 is 0 Å². The number of carbonyl (C=O) groups excluding carboxylic acids is 1. The van der Waals surface area contributed by atoms with E-state index in [2.05, 4.69) is 17.3 Å². The number of piperidine rings is 1. The minimum Gasteiger partial charge on any atom is -0.320 e. The molecule has 106 valence electrons. The molecule has 1 aliphatic rings. The van der Waals surface area contributed by atoms with Crippen LogP contribution in [0.25, 0.3) is 0 Å². The van der Waals surface area contributed by atoms with Gasteiger partial charge in [0, 0.05) is 18.7 Å². The van der Waals surface area contributed by atoms with Crippen molar-refractivity contribution in [3.05, 3.63) is 35.1 Å². The zero-order chi connectivity index (χ0) is 14.4. The van der Waals surface area contributed by atoms with E-state index in [1.165, 1.54) is 18.6 Å². The highest BCUT2D eigenvalue weighted by Crippen LogP contribution is 2.11. The fraction of sp³-hybridized carbons (Fsp3) is 0.400. The summed E-state index contributed by atoms with van der Waals surface area (Å²) in [4.78, 5) is 12.0. The lowest BCUT2D eigenvalue weighted by Gasteiger charge is -2.26. The molecule has 1 aliphatic heterocycles. The summed E-state index contributed by atoms with van der Waals surface area (Å²) in [7, 11) is 0. The van der Waals surface area contributed by atoms with E-state index >= 15 is 0 Å². The summed E-state index contributed by atoms with van der Waals surface area (Å²) >= 11 is 0. The molecule has 3 N–H and O–H groups in total. The van der Waals surface area contributed by atoms with Gasteiger partial charge in [0.25, 0.3) is 5.91 Å². The molecular formula is C15H18FN3O. The second-order valence-electron chi connectivity index (χ2n) is 4.69. The second-order valence-corrected chi connectivity index (χ2v) is 4.69. The van der Waals surface area contributed by atoms with E-state index in [-0.39, 0.29) is 12.1 Å². The Bertz CT molecular complexity index is 542. The van der Waals surface area contributed by atoms with Gasteiger partial charge in [-0.05, 0) is 31.0 Å². The highest BCUT2D eigenvalue weighted by molar-refractivity contribution is 5.94. The Morgan fingerprint density at radius 1 is 1.35 bits per heavy atom. The molecule has 0 saturated carbocycles. The summed E-state index contributed by atoms with van der Waals surface area (Å²) in [5.74, 6) is 4.40. The number of nitrogens with one attached hydrogen (secondary N) is 1. The molecule has 0 aromatic heterocycles. The molecule has 1 fully saturated rings. The van der Waals surface area contributed by atoms with Gasteiger partial charge in [0.2, 0.25) is 0 Å². The fourth-order valence-corrected chi connectivity index (χ4v) is 2.14. The van der Waals surface area contributed by atoms with Gasteiger partial charge >= 0.3 is 0 Å². The number of hydrazine groups is 1. The van der Waals surface area contributed by atoms with E-state index in [1.807, 2.05) is 5.01 Å². The van der Waals surface area contributed by atoms with Crippen LogP contribution in [0, 0.1) is 17.7 Å². The molecule has 0 bridgehead atoms. The molecule has 0 radical (unpaired) electrons. The first-order valence-corrected chi connectivity index (χ1v) is 6.75. The lowest BCUT2D eigenvalue weighted by molar-refractivity contribution is 0.0746. The molecule has 0 atom stereocenters. The number of nitrogens with two attached hydrogens (primary N) is 1. The largest absolute Gasteiger partial charge is 0.320 e. The van der Waals surface area contributed by atoms with E-state index in [0.29, 0.717) is 5.56 Å². The first-order valence-electron chi connectivity index (χ1n) is 6.75. The average molecular weight is 275 g/mol. The van der Waals surface area contributed by atoms with E-state index in [9.17, 15) is 9.18 Å². The molecule has 5 heteroatoms. The van der Waals surface area contributed by atoms with Crippen molar-refractivity contribution in [2.24, 2.45) is 5.73 Å². The van der Waals surface area contributed by atoms with Gasteiger partial charge in [0.15, 0.2) is 0 Å². The summed E-state index contributed by atoms with van der Waals surface area (Å²) in [6, 6.07) is 4.33. The summed E-state index contributed by atoms with van der Waals surface area (Å²) in [6.07, 6.45) is 3.28. The molecule has 2 rings (SSSR count). The smallest absolute Gasteiger partial charge is 0.268 e. The maximum Gasteiger partial charge on any atom is 0.268 e. The molecule has 0 unspecified atom stereocenters. The van der Waals surface area contributed by atoms with Crippen LogP contribution in [0.3, 0.4) is 0 Å². The van der Waals surface area contributed by atoms with Crippen molar-refractivity contribution < 1.29 is 9.18 Å². The Morgan fingerprint density at radius 2 is 2.10 bits per heavy atom. The van der Waals surface area contributed by atoms with E-state index < -0.39 is 11.7 Å². The molecule has 4 nitrogen and oxygen atoms in total. The van der Waals surface area contributed by atoms with Crippen LogP contribution in [0.4, 0.5) is 4.39 Å². The quantitative estimate of drug-likeness (QED) is 0.799. The molecule has 1 amide bonds. The van der Waals surface area contributed by atoms with Crippen molar-refractivity contribution in [1.29, 1.82) is 0 Å². The van der Waals surface area contributed by atoms with E-state index in [4.69, 9.17) is 5.73 Å². The molecular weight excluding hydrogens is 257 g/mol. The zero-order valence-corrected chi connectivity index (χ0v) is 11.3. The lowest BCUT2D eigenvalue weighted by atomic mass is 10.1. The molecule has 1 saturated heterocycles. The average Bonchev–Trinajstić information content (AvgIpc) is 2.46. The number of nitrogens with zero attached hydrogens (tertiary/aromatic N) is 1. The van der Waals surface area contributed by atoms with Crippen LogP contribution in [0.2, 0.25) is 0 Å². The van der Waals surface area contributed by atoms with Gasteiger partial charge in [-0.1, -0.05) is 18.3 Å². The Morgan fingerprint density at radius 3 is 2.75 bits per heavy atom. The Kier molecular flexibility index (Phi) is 5.10. The number of halogens is 1. The van der Waals surface area contributed by atoms with Crippen LogP contribution in [0.1, 0.15) is 35.2 Å². The lowest BCUT2D eigenvalue weighted by Crippen LogP contribution is -2.45. The SMILES string of the molecule is NCC#Cc1ccc(C(=O)NN2CCCCC2)c(F)c1. The highest BCUT2D eigenvalue weighted by atomic mass is 19.1. The Hall–Kier alpha value is -1.90. The summed E-state index contributed by atoms with van der Waals surface area (Å²) in [5.41, 5.74) is 8.55. The number of benzene rings is 1. The molecule has 20 heavy (non-hydrogen) atoms. The third-order valence-corrected chi connectivity index (χ3v) is 3.16. The highest BCUT2D eigenvalue weighted by Gasteiger charge is 2.16. The molecule has 1 aromatic rings. The van der Waals surface area contributed by atoms with Gasteiger partial charge in [0.1, 0.15) is 5.82 Å². The van der Waals surface area contributed by atoms with Gasteiger partial charge in [0.05, 0.1) is 12.1 Å². The Labute approximate surface area is 118 Å². The normalized spacial score (nSPS) is 15.3. The predicted molar refractivity (Wildman–Crippen MR) is 75.2 cm³/mol. The van der Waals surface area contributed by atoms with Crippen LogP contribution in [0.15, 0.2) is 18.2 Å². The number of amides is 1. The third kappa shape index (κ3) is 3.80. The van der Waals surface area contributed by atoms with Crippen molar-refractivity contribution in [3.8, 4) is 11.8 Å². The number of hydrogen-bond acceptors (Lipinski definition) is 3. The summed E-state index contributed by atoms with van der Waals surface area (Å²) in [6.45, 7) is 1.85. The minimum atomic E-state index is -0.566. The minimum absolute atomic E-state index is 0.0360. The maximum atomic E-state index is 13.9. The first-order chi connectivity index (χ1) is 9.70. The van der Waals surface area contributed by atoms with E-state index in [1.54, 1.807) is 6.07 Å². The van der Waals surface area contributed by atoms with Crippen LogP contribution in [-0.2, 0) is 0 Å². The van der Waals surface area contributed by atoms with Crippen molar-refractivity contribution in [2.75, 3.05) is 19.6 Å². The number of carbonyl (C=O) groups is 1. The van der Waals surface area contributed by atoms with Crippen molar-refractivity contribution >= 4 is 5.91 Å². The van der Waals surface area contributed by atoms with Gasteiger partial charge in [-0.2, -0.15) is 0 Å². The molecule has 0 spiro atoms. The van der Waals surface area contributed by atoms with Gasteiger partial charge in [-0.25, -0.2) is 9.40 Å². The maximum absolute atomic E-state index is 13.9. The van der Waals surface area contributed by atoms with Gasteiger partial charge in [-0.15, -0.1) is 0 Å². The predicted octanol–water partition coefficient (Wildman–Crippen LogP) is 1.27.